The lowest BCUT2D eigenvalue weighted by Crippen LogP contribution is -1.94. The van der Waals surface area contributed by atoms with E-state index in [-0.39, 0.29) is 0 Å². The summed E-state index contributed by atoms with van der Waals surface area (Å²) in [7, 11) is 0. The summed E-state index contributed by atoms with van der Waals surface area (Å²) in [5.74, 6) is 0. The molecule has 0 radical (unpaired) electrons. The SMILES string of the molecule is C=C(C)c1ccc(C2=NCC(c3ccc(CCCCCCCC)cc3)=C2)cc1. The third-order valence-corrected chi connectivity index (χ3v) is 5.55. The number of hydrogen-bond acceptors (Lipinski definition) is 1. The zero-order valence-corrected chi connectivity index (χ0v) is 17.5. The summed E-state index contributed by atoms with van der Waals surface area (Å²) in [6, 6.07) is 17.7. The summed E-state index contributed by atoms with van der Waals surface area (Å²) in [6.07, 6.45) is 11.6. The van der Waals surface area contributed by atoms with Crippen LogP contribution in [-0.2, 0) is 6.42 Å². The van der Waals surface area contributed by atoms with Gasteiger partial charge in [0.1, 0.15) is 0 Å². The van der Waals surface area contributed by atoms with E-state index in [9.17, 15) is 0 Å². The first kappa shape index (κ1) is 20.3. The standard InChI is InChI=1S/C27H33N/c1-4-5-6-7-8-9-10-22-11-13-24(14-12-22)26-19-27(28-20-26)25-17-15-23(16-18-25)21(2)3/h11-19H,2,4-10,20H2,1,3H3. The summed E-state index contributed by atoms with van der Waals surface area (Å²) in [5.41, 5.74) is 8.60. The quantitative estimate of drug-likeness (QED) is 0.383. The Morgan fingerprint density at radius 3 is 2.18 bits per heavy atom. The minimum atomic E-state index is 0.772. The van der Waals surface area contributed by atoms with Gasteiger partial charge in [-0.1, -0.05) is 99.7 Å². The largest absolute Gasteiger partial charge is 0.280 e. The lowest BCUT2D eigenvalue weighted by Gasteiger charge is -2.05. The molecule has 0 spiro atoms. The highest BCUT2D eigenvalue weighted by molar-refractivity contribution is 6.15. The van der Waals surface area contributed by atoms with Crippen molar-refractivity contribution in [1.29, 1.82) is 0 Å². The predicted molar refractivity (Wildman–Crippen MR) is 124 cm³/mol. The number of aryl methyl sites for hydroxylation is 1. The van der Waals surface area contributed by atoms with Crippen LogP contribution in [-0.4, -0.2) is 12.3 Å². The van der Waals surface area contributed by atoms with Gasteiger partial charge in [0.15, 0.2) is 0 Å². The molecule has 1 heterocycles. The van der Waals surface area contributed by atoms with Crippen molar-refractivity contribution in [2.24, 2.45) is 4.99 Å². The molecule has 0 bridgehead atoms. The van der Waals surface area contributed by atoms with Gasteiger partial charge in [0, 0.05) is 0 Å². The van der Waals surface area contributed by atoms with Crippen LogP contribution in [0.3, 0.4) is 0 Å². The fourth-order valence-corrected chi connectivity index (χ4v) is 3.70. The van der Waals surface area contributed by atoms with Crippen LogP contribution in [0.2, 0.25) is 0 Å². The molecule has 0 saturated heterocycles. The maximum atomic E-state index is 4.75. The van der Waals surface area contributed by atoms with E-state index in [0.717, 1.165) is 17.8 Å². The highest BCUT2D eigenvalue weighted by Crippen LogP contribution is 2.23. The topological polar surface area (TPSA) is 12.4 Å². The first-order chi connectivity index (χ1) is 13.7. The second-order valence-corrected chi connectivity index (χ2v) is 7.94. The monoisotopic (exact) mass is 371 g/mol. The van der Waals surface area contributed by atoms with Gasteiger partial charge in [-0.15, -0.1) is 0 Å². The summed E-state index contributed by atoms with van der Waals surface area (Å²) in [4.78, 5) is 4.75. The molecule has 1 aliphatic rings. The molecule has 0 saturated carbocycles. The van der Waals surface area contributed by atoms with Gasteiger partial charge < -0.3 is 0 Å². The number of rotatable bonds is 10. The molecule has 0 N–H and O–H groups in total. The van der Waals surface area contributed by atoms with Crippen LogP contribution in [0.1, 0.15) is 74.6 Å². The molecule has 0 aliphatic carbocycles. The molecule has 1 aliphatic heterocycles. The Kier molecular flexibility index (Phi) is 7.42. The van der Waals surface area contributed by atoms with Crippen LogP contribution in [0, 0.1) is 0 Å². The Labute approximate surface area is 170 Å². The van der Waals surface area contributed by atoms with Crippen molar-refractivity contribution in [3.05, 3.63) is 83.4 Å². The molecule has 1 heteroatoms. The van der Waals surface area contributed by atoms with Gasteiger partial charge in [-0.25, -0.2) is 0 Å². The molecule has 0 atom stereocenters. The van der Waals surface area contributed by atoms with E-state index in [0.29, 0.717) is 0 Å². The molecule has 28 heavy (non-hydrogen) atoms. The second kappa shape index (κ2) is 10.2. The molecule has 3 rings (SSSR count). The number of aliphatic imine (C=N–C) groups is 1. The number of allylic oxidation sites excluding steroid dienone is 2. The summed E-state index contributed by atoms with van der Waals surface area (Å²) in [5, 5.41) is 0. The van der Waals surface area contributed by atoms with E-state index in [4.69, 9.17) is 4.99 Å². The zero-order chi connectivity index (χ0) is 19.8. The van der Waals surface area contributed by atoms with Crippen molar-refractivity contribution >= 4 is 16.9 Å². The number of unbranched alkanes of at least 4 members (excludes halogenated alkanes) is 5. The third-order valence-electron chi connectivity index (χ3n) is 5.55. The van der Waals surface area contributed by atoms with Crippen LogP contribution in [0.5, 0.6) is 0 Å². The fraction of sp³-hybridized carbons (Fsp3) is 0.370. The van der Waals surface area contributed by atoms with Gasteiger partial charge >= 0.3 is 0 Å². The Morgan fingerprint density at radius 1 is 0.857 bits per heavy atom. The maximum absolute atomic E-state index is 4.75. The molecular formula is C27H33N. The van der Waals surface area contributed by atoms with Crippen LogP contribution < -0.4 is 0 Å². The second-order valence-electron chi connectivity index (χ2n) is 7.94. The first-order valence-electron chi connectivity index (χ1n) is 10.8. The smallest absolute Gasteiger partial charge is 0.0654 e. The maximum Gasteiger partial charge on any atom is 0.0654 e. The molecule has 146 valence electrons. The predicted octanol–water partition coefficient (Wildman–Crippen LogP) is 7.51. The van der Waals surface area contributed by atoms with Crippen molar-refractivity contribution in [2.45, 2.75) is 58.8 Å². The Hall–Kier alpha value is -2.41. The first-order valence-corrected chi connectivity index (χ1v) is 10.8. The molecule has 0 amide bonds. The number of hydrogen-bond donors (Lipinski definition) is 0. The third kappa shape index (κ3) is 5.55. The Morgan fingerprint density at radius 2 is 1.50 bits per heavy atom. The van der Waals surface area contributed by atoms with Crippen LogP contribution in [0.15, 0.2) is 66.2 Å². The van der Waals surface area contributed by atoms with E-state index < -0.39 is 0 Å². The zero-order valence-electron chi connectivity index (χ0n) is 17.5. The summed E-state index contributed by atoms with van der Waals surface area (Å²) < 4.78 is 0. The fourth-order valence-electron chi connectivity index (χ4n) is 3.70. The Balaban J connectivity index is 1.54. The van der Waals surface area contributed by atoms with Gasteiger partial charge in [-0.05, 0) is 53.7 Å². The van der Waals surface area contributed by atoms with Gasteiger partial charge in [-0.2, -0.15) is 0 Å². The van der Waals surface area contributed by atoms with E-state index >= 15 is 0 Å². The van der Waals surface area contributed by atoms with E-state index in [1.54, 1.807) is 0 Å². The van der Waals surface area contributed by atoms with Crippen molar-refractivity contribution in [1.82, 2.24) is 0 Å². The highest BCUT2D eigenvalue weighted by atomic mass is 14.8. The lowest BCUT2D eigenvalue weighted by molar-refractivity contribution is 0.607. The van der Waals surface area contributed by atoms with E-state index in [2.05, 4.69) is 68.1 Å². The molecule has 2 aromatic rings. The molecule has 0 fully saturated rings. The van der Waals surface area contributed by atoms with Gasteiger partial charge in [0.2, 0.25) is 0 Å². The molecule has 1 nitrogen and oxygen atoms in total. The number of benzene rings is 2. The lowest BCUT2D eigenvalue weighted by atomic mass is 9.99. The number of nitrogens with zero attached hydrogens (tertiary/aromatic N) is 1. The van der Waals surface area contributed by atoms with Crippen molar-refractivity contribution in [2.75, 3.05) is 6.54 Å². The van der Waals surface area contributed by atoms with E-state index in [1.165, 1.54) is 72.8 Å². The summed E-state index contributed by atoms with van der Waals surface area (Å²) in [6.45, 7) is 9.09. The highest BCUT2D eigenvalue weighted by Gasteiger charge is 2.12. The normalized spacial score (nSPS) is 13.4. The van der Waals surface area contributed by atoms with Gasteiger partial charge in [0.05, 0.1) is 12.3 Å². The molecule has 0 aromatic heterocycles. The van der Waals surface area contributed by atoms with Crippen molar-refractivity contribution in [3.8, 4) is 0 Å². The van der Waals surface area contributed by atoms with Crippen molar-refractivity contribution < 1.29 is 0 Å². The average molecular weight is 372 g/mol. The molecule has 0 unspecified atom stereocenters. The molecular weight excluding hydrogens is 338 g/mol. The molecule has 2 aromatic carbocycles. The Bertz CT molecular complexity index is 835. The van der Waals surface area contributed by atoms with Crippen LogP contribution >= 0.6 is 0 Å². The summed E-state index contributed by atoms with van der Waals surface area (Å²) >= 11 is 0. The van der Waals surface area contributed by atoms with Crippen LogP contribution in [0.25, 0.3) is 11.1 Å². The van der Waals surface area contributed by atoms with Gasteiger partial charge in [0.25, 0.3) is 0 Å². The van der Waals surface area contributed by atoms with E-state index in [1.807, 2.05) is 6.92 Å². The van der Waals surface area contributed by atoms with Crippen molar-refractivity contribution in [3.63, 3.8) is 0 Å². The minimum absolute atomic E-state index is 0.772. The minimum Gasteiger partial charge on any atom is -0.280 e. The average Bonchev–Trinajstić information content (AvgIpc) is 3.21. The van der Waals surface area contributed by atoms with Crippen LogP contribution in [0.4, 0.5) is 0 Å². The van der Waals surface area contributed by atoms with Gasteiger partial charge in [-0.3, -0.25) is 4.99 Å².